The second kappa shape index (κ2) is 6.06. The van der Waals surface area contributed by atoms with Crippen molar-refractivity contribution in [3.8, 4) is 0 Å². The van der Waals surface area contributed by atoms with Gasteiger partial charge in [0.1, 0.15) is 6.54 Å². The molecule has 1 N–H and O–H groups in total. The van der Waals surface area contributed by atoms with E-state index in [-0.39, 0.29) is 18.6 Å². The van der Waals surface area contributed by atoms with Crippen molar-refractivity contribution in [1.82, 2.24) is 5.32 Å². The van der Waals surface area contributed by atoms with Crippen LogP contribution in [0.3, 0.4) is 0 Å². The number of hydrogen-bond donors (Lipinski definition) is 1. The Kier molecular flexibility index (Phi) is 4.13. The number of amides is 1. The molecule has 0 aliphatic carbocycles. The lowest BCUT2D eigenvalue weighted by Gasteiger charge is -2.08. The Morgan fingerprint density at radius 3 is 2.73 bits per heavy atom. The summed E-state index contributed by atoms with van der Waals surface area (Å²) in [4.78, 5) is 24.2. The topological polar surface area (TPSA) is 55.4 Å². The van der Waals surface area contributed by atoms with E-state index in [4.69, 9.17) is 4.74 Å². The summed E-state index contributed by atoms with van der Waals surface area (Å²) >= 11 is 3.12. The SMILES string of the molecule is CC(C)OC(=O)CNC(=O)c1cc2sc3ccccc3c2s1. The molecule has 3 rings (SSSR count). The molecule has 3 aromatic rings. The summed E-state index contributed by atoms with van der Waals surface area (Å²) in [5.41, 5.74) is 0. The van der Waals surface area contributed by atoms with E-state index in [1.165, 1.54) is 21.4 Å². The number of carbonyl (C=O) groups excluding carboxylic acids is 2. The molecule has 0 fully saturated rings. The second-order valence-electron chi connectivity index (χ2n) is 5.12. The Hall–Kier alpha value is -1.92. The zero-order chi connectivity index (χ0) is 15.7. The molecular weight excluding hydrogens is 318 g/mol. The third-order valence-electron chi connectivity index (χ3n) is 3.03. The molecule has 0 unspecified atom stereocenters. The van der Waals surface area contributed by atoms with Crippen LogP contribution in [0.15, 0.2) is 30.3 Å². The van der Waals surface area contributed by atoms with E-state index in [9.17, 15) is 9.59 Å². The van der Waals surface area contributed by atoms with Gasteiger partial charge in [-0.15, -0.1) is 22.7 Å². The first kappa shape index (κ1) is 15.0. The Morgan fingerprint density at radius 2 is 1.95 bits per heavy atom. The van der Waals surface area contributed by atoms with E-state index >= 15 is 0 Å². The van der Waals surface area contributed by atoms with Crippen LogP contribution in [-0.2, 0) is 9.53 Å². The highest BCUT2D eigenvalue weighted by Gasteiger charge is 2.15. The minimum Gasteiger partial charge on any atom is -0.462 e. The molecule has 0 saturated carbocycles. The summed E-state index contributed by atoms with van der Waals surface area (Å²) in [6.45, 7) is 3.44. The normalized spacial score (nSPS) is 11.2. The fourth-order valence-corrected chi connectivity index (χ4v) is 4.60. The van der Waals surface area contributed by atoms with Gasteiger partial charge in [-0.3, -0.25) is 9.59 Å². The second-order valence-corrected chi connectivity index (χ2v) is 7.26. The molecule has 0 saturated heterocycles. The number of thiophene rings is 2. The van der Waals surface area contributed by atoms with Crippen molar-refractivity contribution < 1.29 is 14.3 Å². The number of nitrogens with one attached hydrogen (secondary N) is 1. The molecule has 0 spiro atoms. The highest BCUT2D eigenvalue weighted by Crippen LogP contribution is 2.39. The van der Waals surface area contributed by atoms with Crippen molar-refractivity contribution in [3.63, 3.8) is 0 Å². The van der Waals surface area contributed by atoms with Crippen LogP contribution >= 0.6 is 22.7 Å². The fourth-order valence-electron chi connectivity index (χ4n) is 2.16. The van der Waals surface area contributed by atoms with Gasteiger partial charge < -0.3 is 10.1 Å². The van der Waals surface area contributed by atoms with Gasteiger partial charge in [0.05, 0.1) is 15.7 Å². The van der Waals surface area contributed by atoms with Crippen molar-refractivity contribution >= 4 is 54.0 Å². The minimum atomic E-state index is -0.424. The molecule has 0 bridgehead atoms. The van der Waals surface area contributed by atoms with Crippen molar-refractivity contribution in [1.29, 1.82) is 0 Å². The smallest absolute Gasteiger partial charge is 0.325 e. The predicted molar refractivity (Wildman–Crippen MR) is 90.8 cm³/mol. The van der Waals surface area contributed by atoms with E-state index in [2.05, 4.69) is 17.4 Å². The summed E-state index contributed by atoms with van der Waals surface area (Å²) < 4.78 is 8.43. The maximum Gasteiger partial charge on any atom is 0.325 e. The van der Waals surface area contributed by atoms with Crippen molar-refractivity contribution in [2.24, 2.45) is 0 Å². The predicted octanol–water partition coefficient (Wildman–Crippen LogP) is 3.80. The highest BCUT2D eigenvalue weighted by atomic mass is 32.1. The van der Waals surface area contributed by atoms with E-state index in [0.29, 0.717) is 4.88 Å². The maximum absolute atomic E-state index is 12.1. The van der Waals surface area contributed by atoms with Gasteiger partial charge in [-0.05, 0) is 26.0 Å². The fraction of sp³-hybridized carbons (Fsp3) is 0.250. The Balaban J connectivity index is 1.76. The standard InChI is InChI=1S/C16H15NO3S2/c1-9(2)20-14(18)8-17-16(19)13-7-12-15(22-13)10-5-3-4-6-11(10)21-12/h3-7,9H,8H2,1-2H3,(H,17,19). The quantitative estimate of drug-likeness (QED) is 0.739. The van der Waals surface area contributed by atoms with E-state index in [1.807, 2.05) is 18.2 Å². The average Bonchev–Trinajstić information content (AvgIpc) is 3.01. The zero-order valence-corrected chi connectivity index (χ0v) is 13.8. The Bertz CT molecular complexity index is 847. The first-order valence-electron chi connectivity index (χ1n) is 6.93. The van der Waals surface area contributed by atoms with E-state index in [1.54, 1.807) is 25.2 Å². The van der Waals surface area contributed by atoms with Gasteiger partial charge in [0.15, 0.2) is 0 Å². The lowest BCUT2D eigenvalue weighted by molar-refractivity contribution is -0.146. The number of rotatable bonds is 4. The summed E-state index contributed by atoms with van der Waals surface area (Å²) in [6, 6.07) is 10.0. The summed E-state index contributed by atoms with van der Waals surface area (Å²) in [6.07, 6.45) is -0.178. The average molecular weight is 333 g/mol. The van der Waals surface area contributed by atoms with E-state index < -0.39 is 5.97 Å². The van der Waals surface area contributed by atoms with E-state index in [0.717, 1.165) is 9.40 Å². The number of hydrogen-bond acceptors (Lipinski definition) is 5. The van der Waals surface area contributed by atoms with Crippen molar-refractivity contribution in [2.45, 2.75) is 20.0 Å². The monoisotopic (exact) mass is 333 g/mol. The lowest BCUT2D eigenvalue weighted by atomic mass is 10.2. The number of benzene rings is 1. The van der Waals surface area contributed by atoms with Crippen LogP contribution in [0, 0.1) is 0 Å². The number of ether oxygens (including phenoxy) is 1. The minimum absolute atomic E-state index is 0.108. The summed E-state index contributed by atoms with van der Waals surface area (Å²) in [7, 11) is 0. The van der Waals surface area contributed by atoms with Gasteiger partial charge in [0.2, 0.25) is 0 Å². The first-order valence-corrected chi connectivity index (χ1v) is 8.56. The van der Waals surface area contributed by atoms with Crippen LogP contribution in [-0.4, -0.2) is 24.5 Å². The molecule has 1 amide bonds. The molecule has 4 nitrogen and oxygen atoms in total. The van der Waals surface area contributed by atoms with Crippen LogP contribution in [0.1, 0.15) is 23.5 Å². The summed E-state index contributed by atoms with van der Waals surface area (Å²) in [5, 5.41) is 3.78. The first-order chi connectivity index (χ1) is 10.5. The third kappa shape index (κ3) is 2.98. The molecule has 0 radical (unpaired) electrons. The number of esters is 1. The van der Waals surface area contributed by atoms with Gasteiger partial charge in [0.25, 0.3) is 5.91 Å². The molecule has 6 heteroatoms. The number of fused-ring (bicyclic) bond motifs is 3. The molecule has 0 atom stereocenters. The number of carbonyl (C=O) groups is 2. The molecule has 22 heavy (non-hydrogen) atoms. The zero-order valence-electron chi connectivity index (χ0n) is 12.2. The van der Waals surface area contributed by atoms with Gasteiger partial charge in [0, 0.05) is 14.8 Å². The molecule has 114 valence electrons. The Labute approximate surface area is 135 Å². The Morgan fingerprint density at radius 1 is 1.18 bits per heavy atom. The lowest BCUT2D eigenvalue weighted by Crippen LogP contribution is -2.31. The molecule has 2 heterocycles. The van der Waals surface area contributed by atoms with Gasteiger partial charge in [-0.1, -0.05) is 18.2 Å². The van der Waals surface area contributed by atoms with Crippen molar-refractivity contribution in [2.75, 3.05) is 6.54 Å². The molecule has 2 aromatic heterocycles. The van der Waals surface area contributed by atoms with Crippen LogP contribution in [0.25, 0.3) is 19.5 Å². The van der Waals surface area contributed by atoms with Crippen LogP contribution in [0.4, 0.5) is 0 Å². The highest BCUT2D eigenvalue weighted by molar-refractivity contribution is 7.33. The van der Waals surface area contributed by atoms with Crippen LogP contribution in [0.5, 0.6) is 0 Å². The molecule has 1 aromatic carbocycles. The third-order valence-corrected chi connectivity index (χ3v) is 5.45. The van der Waals surface area contributed by atoms with Crippen LogP contribution < -0.4 is 5.32 Å². The molecule has 0 aliphatic heterocycles. The molecule has 0 aliphatic rings. The van der Waals surface area contributed by atoms with Crippen LogP contribution in [0.2, 0.25) is 0 Å². The largest absolute Gasteiger partial charge is 0.462 e. The van der Waals surface area contributed by atoms with Gasteiger partial charge in [-0.2, -0.15) is 0 Å². The van der Waals surface area contributed by atoms with Gasteiger partial charge in [-0.25, -0.2) is 0 Å². The molecular formula is C16H15NO3S2. The maximum atomic E-state index is 12.1. The van der Waals surface area contributed by atoms with Crippen molar-refractivity contribution in [3.05, 3.63) is 35.2 Å². The summed E-state index contributed by atoms with van der Waals surface area (Å²) in [5.74, 6) is -0.662. The van der Waals surface area contributed by atoms with Gasteiger partial charge >= 0.3 is 5.97 Å².